The van der Waals surface area contributed by atoms with Gasteiger partial charge in [0.2, 0.25) is 0 Å². The number of benzene rings is 3. The second-order valence-corrected chi connectivity index (χ2v) is 10.8. The highest BCUT2D eigenvalue weighted by molar-refractivity contribution is 6.30. The number of halogens is 3. The topological polar surface area (TPSA) is 35.9 Å². The molecule has 0 saturated carbocycles. The number of likely N-dealkylation sites (tertiary alicyclic amines) is 1. The number of aliphatic hydroxyl groups excluding tert-OH is 1. The van der Waals surface area contributed by atoms with Crippen molar-refractivity contribution in [3.8, 4) is 5.75 Å². The van der Waals surface area contributed by atoms with E-state index < -0.39 is 6.10 Å². The van der Waals surface area contributed by atoms with E-state index in [9.17, 15) is 5.11 Å². The first-order valence-electron chi connectivity index (χ1n) is 13.3. The molecule has 2 heterocycles. The van der Waals surface area contributed by atoms with E-state index in [1.165, 1.54) is 29.5 Å². The van der Waals surface area contributed by atoms with Gasteiger partial charge in [-0.1, -0.05) is 60.1 Å². The molecule has 3 aromatic carbocycles. The summed E-state index contributed by atoms with van der Waals surface area (Å²) in [5.41, 5.74) is 4.79. The van der Waals surface area contributed by atoms with Gasteiger partial charge in [-0.05, 0) is 85.6 Å². The summed E-state index contributed by atoms with van der Waals surface area (Å²) in [6.07, 6.45) is 3.84. The fourth-order valence-electron chi connectivity index (χ4n) is 5.54. The van der Waals surface area contributed by atoms with Crippen molar-refractivity contribution in [2.45, 2.75) is 51.4 Å². The molecule has 0 radical (unpaired) electrons. The molecule has 1 atom stereocenters. The van der Waals surface area contributed by atoms with Crippen molar-refractivity contribution in [3.05, 3.63) is 100 Å². The Morgan fingerprint density at radius 2 is 1.58 bits per heavy atom. The standard InChI is InChI=1S/C31H37ClN2O2.2ClH/c32-29-8-4-7-26(19-29)22-33-15-13-24(14-16-33)9-11-30(35)27-10-12-31-28(20-27)23-34(17-18-36-31)21-25-5-2-1-3-6-25;;/h1-8,10,12,19-20,24,30,35H,9,11,13-18,21-23H2;2*1H. The summed E-state index contributed by atoms with van der Waals surface area (Å²) >= 11 is 6.14. The Kier molecular flexibility index (Phi) is 12.2. The van der Waals surface area contributed by atoms with Crippen molar-refractivity contribution in [3.63, 3.8) is 0 Å². The molecule has 5 rings (SSSR count). The third kappa shape index (κ3) is 8.61. The minimum Gasteiger partial charge on any atom is -0.492 e. The number of fused-ring (bicyclic) bond motifs is 1. The largest absolute Gasteiger partial charge is 0.492 e. The third-order valence-corrected chi connectivity index (χ3v) is 7.86. The lowest BCUT2D eigenvalue weighted by molar-refractivity contribution is 0.132. The molecule has 2 aliphatic rings. The number of nitrogens with zero attached hydrogens (tertiary/aromatic N) is 2. The van der Waals surface area contributed by atoms with Gasteiger partial charge in [0.15, 0.2) is 0 Å². The molecule has 4 nitrogen and oxygen atoms in total. The molecule has 1 saturated heterocycles. The number of hydrogen-bond acceptors (Lipinski definition) is 4. The molecule has 2 aliphatic heterocycles. The minimum atomic E-state index is -0.425. The predicted octanol–water partition coefficient (Wildman–Crippen LogP) is 7.30. The maximum Gasteiger partial charge on any atom is 0.123 e. The summed E-state index contributed by atoms with van der Waals surface area (Å²) in [7, 11) is 0. The number of piperidine rings is 1. The monoisotopic (exact) mass is 576 g/mol. The van der Waals surface area contributed by atoms with Gasteiger partial charge in [-0.15, -0.1) is 24.8 Å². The number of ether oxygens (including phenoxy) is 1. The van der Waals surface area contributed by atoms with Gasteiger partial charge in [0.1, 0.15) is 12.4 Å². The Morgan fingerprint density at radius 3 is 2.34 bits per heavy atom. The van der Waals surface area contributed by atoms with Gasteiger partial charge in [-0.2, -0.15) is 0 Å². The summed E-state index contributed by atoms with van der Waals surface area (Å²) < 4.78 is 6.03. The first-order valence-corrected chi connectivity index (χ1v) is 13.7. The van der Waals surface area contributed by atoms with Crippen LogP contribution in [0.2, 0.25) is 5.02 Å². The molecule has 0 spiro atoms. The fraction of sp³-hybridized carbons (Fsp3) is 0.419. The average molecular weight is 578 g/mol. The molecular weight excluding hydrogens is 539 g/mol. The molecule has 3 aromatic rings. The van der Waals surface area contributed by atoms with Crippen LogP contribution >= 0.6 is 36.4 Å². The molecule has 0 amide bonds. The van der Waals surface area contributed by atoms with Gasteiger partial charge in [-0.3, -0.25) is 9.80 Å². The Hall–Kier alpha value is -1.79. The Bertz CT molecular complexity index is 1120. The van der Waals surface area contributed by atoms with Crippen LogP contribution in [-0.2, 0) is 19.6 Å². The highest BCUT2D eigenvalue weighted by atomic mass is 35.5. The SMILES string of the molecule is Cl.Cl.OC(CCC1CCN(Cc2cccc(Cl)c2)CC1)c1ccc2c(c1)CN(Cc1ccccc1)CCO2. The van der Waals surface area contributed by atoms with Crippen LogP contribution in [0.5, 0.6) is 5.75 Å². The van der Waals surface area contributed by atoms with E-state index >= 15 is 0 Å². The Labute approximate surface area is 244 Å². The van der Waals surface area contributed by atoms with Crippen molar-refractivity contribution in [2.75, 3.05) is 26.2 Å². The summed E-state index contributed by atoms with van der Waals surface area (Å²) in [5.74, 6) is 1.63. The quantitative estimate of drug-likeness (QED) is 0.305. The normalized spacial score (nSPS) is 17.3. The number of rotatable bonds is 8. The molecule has 38 heavy (non-hydrogen) atoms. The molecule has 1 N–H and O–H groups in total. The summed E-state index contributed by atoms with van der Waals surface area (Å²) in [6, 6.07) is 25.0. The molecule has 0 bridgehead atoms. The van der Waals surface area contributed by atoms with Gasteiger partial charge in [0, 0.05) is 36.8 Å². The average Bonchev–Trinajstić information content (AvgIpc) is 3.10. The molecule has 1 unspecified atom stereocenters. The summed E-state index contributed by atoms with van der Waals surface area (Å²) in [5, 5.41) is 11.8. The maximum atomic E-state index is 11.0. The lowest BCUT2D eigenvalue weighted by Gasteiger charge is -2.32. The van der Waals surface area contributed by atoms with E-state index in [1.54, 1.807) is 0 Å². The van der Waals surface area contributed by atoms with Gasteiger partial charge in [0.05, 0.1) is 6.10 Å². The van der Waals surface area contributed by atoms with Crippen molar-refractivity contribution >= 4 is 36.4 Å². The van der Waals surface area contributed by atoms with Crippen LogP contribution in [0.3, 0.4) is 0 Å². The fourth-order valence-corrected chi connectivity index (χ4v) is 5.75. The highest BCUT2D eigenvalue weighted by Gasteiger charge is 2.22. The highest BCUT2D eigenvalue weighted by Crippen LogP contribution is 2.31. The maximum absolute atomic E-state index is 11.0. The Morgan fingerprint density at radius 1 is 0.842 bits per heavy atom. The van der Waals surface area contributed by atoms with E-state index in [4.69, 9.17) is 16.3 Å². The van der Waals surface area contributed by atoms with Crippen LogP contribution in [0.4, 0.5) is 0 Å². The van der Waals surface area contributed by atoms with E-state index in [0.717, 1.165) is 68.4 Å². The van der Waals surface area contributed by atoms with Crippen LogP contribution in [-0.4, -0.2) is 41.1 Å². The zero-order valence-electron chi connectivity index (χ0n) is 21.8. The molecule has 0 aromatic heterocycles. The molecule has 7 heteroatoms. The molecule has 0 aliphatic carbocycles. The van der Waals surface area contributed by atoms with Crippen molar-refractivity contribution in [1.82, 2.24) is 9.80 Å². The van der Waals surface area contributed by atoms with Crippen LogP contribution in [0.25, 0.3) is 0 Å². The lowest BCUT2D eigenvalue weighted by Crippen LogP contribution is -2.33. The molecule has 206 valence electrons. The van der Waals surface area contributed by atoms with Gasteiger partial charge in [0.25, 0.3) is 0 Å². The van der Waals surface area contributed by atoms with E-state index in [1.807, 2.05) is 24.3 Å². The lowest BCUT2D eigenvalue weighted by atomic mass is 9.89. The van der Waals surface area contributed by atoms with Gasteiger partial charge in [-0.25, -0.2) is 0 Å². The molecule has 1 fully saturated rings. The van der Waals surface area contributed by atoms with E-state index in [2.05, 4.69) is 58.3 Å². The third-order valence-electron chi connectivity index (χ3n) is 7.63. The second kappa shape index (κ2) is 15.1. The first-order chi connectivity index (χ1) is 17.6. The summed E-state index contributed by atoms with van der Waals surface area (Å²) in [6.45, 7) is 6.54. The Balaban J connectivity index is 0.00000200. The van der Waals surface area contributed by atoms with E-state index in [0.29, 0.717) is 12.5 Å². The van der Waals surface area contributed by atoms with Crippen LogP contribution < -0.4 is 4.74 Å². The van der Waals surface area contributed by atoms with Crippen molar-refractivity contribution < 1.29 is 9.84 Å². The summed E-state index contributed by atoms with van der Waals surface area (Å²) in [4.78, 5) is 4.95. The zero-order valence-corrected chi connectivity index (χ0v) is 24.2. The number of aliphatic hydroxyl groups is 1. The van der Waals surface area contributed by atoms with Gasteiger partial charge < -0.3 is 9.84 Å². The van der Waals surface area contributed by atoms with Crippen molar-refractivity contribution in [2.24, 2.45) is 5.92 Å². The van der Waals surface area contributed by atoms with E-state index in [-0.39, 0.29) is 24.8 Å². The smallest absolute Gasteiger partial charge is 0.123 e. The van der Waals surface area contributed by atoms with Crippen LogP contribution in [0.1, 0.15) is 54.0 Å². The van der Waals surface area contributed by atoms with Crippen molar-refractivity contribution in [1.29, 1.82) is 0 Å². The van der Waals surface area contributed by atoms with Crippen LogP contribution in [0.15, 0.2) is 72.8 Å². The van der Waals surface area contributed by atoms with Gasteiger partial charge >= 0.3 is 0 Å². The van der Waals surface area contributed by atoms with Crippen LogP contribution in [0, 0.1) is 5.92 Å². The second-order valence-electron chi connectivity index (χ2n) is 10.4. The number of hydrogen-bond donors (Lipinski definition) is 1. The zero-order chi connectivity index (χ0) is 24.7. The first kappa shape index (κ1) is 30.7. The minimum absolute atomic E-state index is 0. The molecular formula is C31H39Cl3N2O2. The predicted molar refractivity (Wildman–Crippen MR) is 161 cm³/mol.